The maximum Gasteiger partial charge on any atom is 0.282 e. The summed E-state index contributed by atoms with van der Waals surface area (Å²) in [6.45, 7) is 4.83. The second-order valence-corrected chi connectivity index (χ2v) is 7.55. The van der Waals surface area contributed by atoms with E-state index in [9.17, 15) is 8.42 Å². The fourth-order valence-corrected chi connectivity index (χ4v) is 4.41. The van der Waals surface area contributed by atoms with Crippen LogP contribution >= 0.6 is 0 Å². The van der Waals surface area contributed by atoms with E-state index in [0.717, 1.165) is 45.4 Å². The summed E-state index contributed by atoms with van der Waals surface area (Å²) >= 11 is 0. The molecule has 0 radical (unpaired) electrons. The summed E-state index contributed by atoms with van der Waals surface area (Å²) in [4.78, 5) is 2.26. The second kappa shape index (κ2) is 6.49. The van der Waals surface area contributed by atoms with Crippen molar-refractivity contribution in [2.45, 2.75) is 25.3 Å². The van der Waals surface area contributed by atoms with E-state index in [2.05, 4.69) is 17.3 Å². The zero-order chi connectivity index (χ0) is 13.9. The molecule has 2 rings (SSSR count). The summed E-state index contributed by atoms with van der Waals surface area (Å²) in [5, 5.41) is 3.24. The van der Waals surface area contributed by atoms with E-state index in [0.29, 0.717) is 13.1 Å². The lowest BCUT2D eigenvalue weighted by molar-refractivity contribution is 0.191. The molecule has 0 aromatic rings. The number of hydrogen-bond donors (Lipinski definition) is 1. The van der Waals surface area contributed by atoms with Crippen molar-refractivity contribution in [1.82, 2.24) is 18.8 Å². The molecule has 2 saturated heterocycles. The third-order valence-corrected chi connectivity index (χ3v) is 6.24. The van der Waals surface area contributed by atoms with Gasteiger partial charge in [0.05, 0.1) is 0 Å². The molecule has 2 aliphatic rings. The minimum absolute atomic E-state index is 0.150. The Hall–Kier alpha value is -0.210. The van der Waals surface area contributed by atoms with Crippen LogP contribution < -0.4 is 5.32 Å². The first-order valence-electron chi connectivity index (χ1n) is 7.14. The van der Waals surface area contributed by atoms with E-state index in [1.807, 2.05) is 0 Å². The number of piperidine rings is 1. The Kier molecular flexibility index (Phi) is 5.19. The van der Waals surface area contributed by atoms with Crippen LogP contribution in [0, 0.1) is 0 Å². The molecule has 0 amide bonds. The number of likely N-dealkylation sites (tertiary alicyclic amines) is 1. The molecule has 7 heteroatoms. The highest BCUT2D eigenvalue weighted by atomic mass is 32.2. The van der Waals surface area contributed by atoms with Crippen LogP contribution in [0.4, 0.5) is 0 Å². The highest BCUT2D eigenvalue weighted by molar-refractivity contribution is 7.86. The quantitative estimate of drug-likeness (QED) is 0.765. The van der Waals surface area contributed by atoms with Gasteiger partial charge in [-0.2, -0.15) is 17.0 Å². The summed E-state index contributed by atoms with van der Waals surface area (Å²) in [6.07, 6.45) is 2.75. The van der Waals surface area contributed by atoms with Gasteiger partial charge < -0.3 is 10.2 Å². The first-order valence-corrected chi connectivity index (χ1v) is 8.54. The lowest BCUT2D eigenvalue weighted by atomic mass is 10.1. The van der Waals surface area contributed by atoms with Crippen molar-refractivity contribution < 1.29 is 8.42 Å². The van der Waals surface area contributed by atoms with Crippen molar-refractivity contribution in [3.8, 4) is 0 Å². The van der Waals surface area contributed by atoms with E-state index >= 15 is 0 Å². The first kappa shape index (κ1) is 15.2. The van der Waals surface area contributed by atoms with Crippen molar-refractivity contribution >= 4 is 10.2 Å². The average molecular weight is 290 g/mol. The molecular formula is C12H26N4O2S. The molecule has 1 N–H and O–H groups in total. The van der Waals surface area contributed by atoms with E-state index in [1.165, 1.54) is 0 Å². The number of nitrogens with zero attached hydrogens (tertiary/aromatic N) is 3. The van der Waals surface area contributed by atoms with Gasteiger partial charge in [0.2, 0.25) is 0 Å². The van der Waals surface area contributed by atoms with Gasteiger partial charge in [0, 0.05) is 32.7 Å². The van der Waals surface area contributed by atoms with Crippen LogP contribution in [-0.4, -0.2) is 81.3 Å². The topological polar surface area (TPSA) is 55.9 Å². The maximum atomic E-state index is 12.6. The molecule has 0 aromatic heterocycles. The molecule has 0 aromatic carbocycles. The molecule has 0 aliphatic carbocycles. The molecule has 0 unspecified atom stereocenters. The summed E-state index contributed by atoms with van der Waals surface area (Å²) in [5.74, 6) is 0. The Balaban J connectivity index is 2.01. The van der Waals surface area contributed by atoms with Crippen LogP contribution in [0.15, 0.2) is 0 Å². The van der Waals surface area contributed by atoms with E-state index in [4.69, 9.17) is 0 Å². The van der Waals surface area contributed by atoms with Crippen LogP contribution in [0.25, 0.3) is 0 Å². The van der Waals surface area contributed by atoms with Crippen LogP contribution in [-0.2, 0) is 10.2 Å². The molecule has 0 spiro atoms. The summed E-state index contributed by atoms with van der Waals surface area (Å²) in [5.41, 5.74) is 0. The van der Waals surface area contributed by atoms with Gasteiger partial charge in [-0.15, -0.1) is 0 Å². The molecule has 0 bridgehead atoms. The molecule has 2 aliphatic heterocycles. The zero-order valence-electron chi connectivity index (χ0n) is 12.0. The third kappa shape index (κ3) is 3.66. The monoisotopic (exact) mass is 290 g/mol. The Morgan fingerprint density at radius 2 is 1.79 bits per heavy atom. The van der Waals surface area contributed by atoms with Crippen LogP contribution in [0.5, 0.6) is 0 Å². The molecule has 19 heavy (non-hydrogen) atoms. The van der Waals surface area contributed by atoms with Crippen molar-refractivity contribution in [3.63, 3.8) is 0 Å². The van der Waals surface area contributed by atoms with Crippen LogP contribution in [0.2, 0.25) is 0 Å². The van der Waals surface area contributed by atoms with Crippen molar-refractivity contribution in [2.24, 2.45) is 0 Å². The summed E-state index contributed by atoms with van der Waals surface area (Å²) in [7, 11) is 0.534. The van der Waals surface area contributed by atoms with Crippen LogP contribution in [0.1, 0.15) is 19.3 Å². The predicted molar refractivity (Wildman–Crippen MR) is 76.3 cm³/mol. The van der Waals surface area contributed by atoms with E-state index < -0.39 is 10.2 Å². The lowest BCUT2D eigenvalue weighted by Crippen LogP contribution is -2.50. The van der Waals surface area contributed by atoms with Gasteiger partial charge in [-0.25, -0.2) is 0 Å². The second-order valence-electron chi connectivity index (χ2n) is 5.56. The third-order valence-electron chi connectivity index (χ3n) is 4.19. The van der Waals surface area contributed by atoms with Gasteiger partial charge in [0.15, 0.2) is 0 Å². The van der Waals surface area contributed by atoms with E-state index in [1.54, 1.807) is 15.7 Å². The van der Waals surface area contributed by atoms with Crippen molar-refractivity contribution in [3.05, 3.63) is 0 Å². The molecule has 0 saturated carbocycles. The van der Waals surface area contributed by atoms with Gasteiger partial charge in [-0.3, -0.25) is 0 Å². The highest BCUT2D eigenvalue weighted by Crippen LogP contribution is 2.19. The van der Waals surface area contributed by atoms with Gasteiger partial charge in [0.25, 0.3) is 10.2 Å². The fraction of sp³-hybridized carbons (Fsp3) is 1.00. The Labute approximate surface area is 116 Å². The Bertz CT molecular complexity index is 371. The van der Waals surface area contributed by atoms with E-state index in [-0.39, 0.29) is 6.04 Å². The van der Waals surface area contributed by atoms with Gasteiger partial charge >= 0.3 is 0 Å². The zero-order valence-corrected chi connectivity index (χ0v) is 12.8. The fourth-order valence-electron chi connectivity index (χ4n) is 2.78. The number of nitrogens with one attached hydrogen (secondary N) is 1. The Morgan fingerprint density at radius 3 is 2.47 bits per heavy atom. The molecule has 2 fully saturated rings. The summed E-state index contributed by atoms with van der Waals surface area (Å²) < 4.78 is 28.5. The van der Waals surface area contributed by atoms with Crippen molar-refractivity contribution in [1.29, 1.82) is 0 Å². The van der Waals surface area contributed by atoms with Gasteiger partial charge in [-0.1, -0.05) is 0 Å². The minimum Gasteiger partial charge on any atom is -0.315 e. The molecule has 2 heterocycles. The normalized spacial score (nSPS) is 25.6. The predicted octanol–water partition coefficient (Wildman–Crippen LogP) is -0.447. The standard InChI is InChI=1S/C12H26N4O2S/c1-14-9-4-12(5-10-14)15(2)19(17,18)16-8-3-6-13-7-11-16/h12-13H,3-11H2,1-2H3. The lowest BCUT2D eigenvalue weighted by Gasteiger charge is -2.36. The minimum atomic E-state index is -3.29. The molecule has 112 valence electrons. The molecule has 6 nitrogen and oxygen atoms in total. The molecule has 0 atom stereocenters. The smallest absolute Gasteiger partial charge is 0.282 e. The maximum absolute atomic E-state index is 12.6. The largest absolute Gasteiger partial charge is 0.315 e. The Morgan fingerprint density at radius 1 is 1.11 bits per heavy atom. The number of rotatable bonds is 3. The summed E-state index contributed by atoms with van der Waals surface area (Å²) in [6, 6.07) is 0.150. The van der Waals surface area contributed by atoms with Gasteiger partial charge in [0.1, 0.15) is 0 Å². The molecular weight excluding hydrogens is 264 g/mol. The SMILES string of the molecule is CN1CCC(N(C)S(=O)(=O)N2CCCNCC2)CC1. The highest BCUT2D eigenvalue weighted by Gasteiger charge is 2.33. The van der Waals surface area contributed by atoms with Crippen molar-refractivity contribution in [2.75, 3.05) is 53.4 Å². The average Bonchev–Trinajstić information content (AvgIpc) is 2.68. The van der Waals surface area contributed by atoms with Gasteiger partial charge in [-0.05, 0) is 45.9 Å². The van der Waals surface area contributed by atoms with Crippen LogP contribution in [0.3, 0.4) is 0 Å². The number of hydrogen-bond acceptors (Lipinski definition) is 4. The first-order chi connectivity index (χ1) is 9.01.